The Bertz CT molecular complexity index is 107. The molecule has 1 rings (SSSR count). The van der Waals surface area contributed by atoms with Crippen molar-refractivity contribution >= 4 is 12.1 Å². The summed E-state index contributed by atoms with van der Waals surface area (Å²) in [7, 11) is 0. The highest BCUT2D eigenvalue weighted by molar-refractivity contribution is 5.97. The molecule has 0 aromatic heterocycles. The molecular weight excluding hydrogens is 92.1 g/mol. The van der Waals surface area contributed by atoms with Crippen molar-refractivity contribution in [3.05, 3.63) is 0 Å². The van der Waals surface area contributed by atoms with Crippen molar-refractivity contribution in [2.24, 2.45) is 5.92 Å². The summed E-state index contributed by atoms with van der Waals surface area (Å²) in [6.45, 7) is 0. The number of aldehydes is 1. The molecule has 1 fully saturated rings. The van der Waals surface area contributed by atoms with Gasteiger partial charge < -0.3 is 4.79 Å². The molecule has 1 aliphatic rings. The van der Waals surface area contributed by atoms with Crippen molar-refractivity contribution in [1.29, 1.82) is 0 Å². The van der Waals surface area contributed by atoms with Gasteiger partial charge in [-0.2, -0.15) is 0 Å². The van der Waals surface area contributed by atoms with Crippen molar-refractivity contribution < 1.29 is 9.59 Å². The molecule has 2 nitrogen and oxygen atoms in total. The second-order valence-corrected chi connectivity index (χ2v) is 1.77. The van der Waals surface area contributed by atoms with Crippen LogP contribution >= 0.6 is 0 Å². The van der Waals surface area contributed by atoms with Gasteiger partial charge in [-0.05, 0) is 0 Å². The zero-order chi connectivity index (χ0) is 5.28. The molecule has 0 aromatic rings. The molecule has 1 aliphatic carbocycles. The molecule has 1 saturated carbocycles. The van der Waals surface area contributed by atoms with E-state index in [1.54, 1.807) is 0 Å². The van der Waals surface area contributed by atoms with Crippen molar-refractivity contribution in [2.75, 3.05) is 0 Å². The van der Waals surface area contributed by atoms with Gasteiger partial charge in [0.25, 0.3) is 0 Å². The minimum Gasteiger partial charge on any atom is -0.303 e. The minimum atomic E-state index is 0.109. The molecule has 0 amide bonds. The molecule has 2 heteroatoms. The summed E-state index contributed by atoms with van der Waals surface area (Å²) in [5, 5.41) is 0. The zero-order valence-corrected chi connectivity index (χ0v) is 3.89. The first-order chi connectivity index (χ1) is 3.34. The van der Waals surface area contributed by atoms with E-state index in [0.717, 1.165) is 6.29 Å². The van der Waals surface area contributed by atoms with Crippen molar-refractivity contribution in [3.8, 4) is 0 Å². The second-order valence-electron chi connectivity index (χ2n) is 1.77. The summed E-state index contributed by atoms with van der Waals surface area (Å²) in [5.74, 6) is 0.351. The van der Waals surface area contributed by atoms with Gasteiger partial charge in [0.05, 0.1) is 0 Å². The van der Waals surface area contributed by atoms with Crippen molar-refractivity contribution in [2.45, 2.75) is 12.8 Å². The standard InChI is InChI=1S/C5H6O2/c6-2-1-4-3-5(4)7/h2,4H,1,3H2. The highest BCUT2D eigenvalue weighted by Crippen LogP contribution is 2.25. The van der Waals surface area contributed by atoms with E-state index in [1.807, 2.05) is 0 Å². The Kier molecular flexibility index (Phi) is 0.929. The first-order valence-electron chi connectivity index (χ1n) is 2.31. The zero-order valence-electron chi connectivity index (χ0n) is 3.89. The third-order valence-electron chi connectivity index (χ3n) is 1.12. The Morgan fingerprint density at radius 1 is 1.86 bits per heavy atom. The molecule has 1 atom stereocenters. The fourth-order valence-corrected chi connectivity index (χ4v) is 0.515. The molecule has 0 radical (unpaired) electrons. The van der Waals surface area contributed by atoms with Gasteiger partial charge in [-0.3, -0.25) is 4.79 Å². The minimum absolute atomic E-state index is 0.109. The lowest BCUT2D eigenvalue weighted by atomic mass is 10.3. The summed E-state index contributed by atoms with van der Waals surface area (Å²) in [4.78, 5) is 19.8. The lowest BCUT2D eigenvalue weighted by Gasteiger charge is -1.71. The topological polar surface area (TPSA) is 34.1 Å². The smallest absolute Gasteiger partial charge is 0.137 e. The summed E-state index contributed by atoms with van der Waals surface area (Å²) >= 11 is 0. The second kappa shape index (κ2) is 1.45. The van der Waals surface area contributed by atoms with E-state index in [4.69, 9.17) is 0 Å². The predicted molar refractivity (Wildman–Crippen MR) is 23.8 cm³/mol. The summed E-state index contributed by atoms with van der Waals surface area (Å²) in [5.41, 5.74) is 0. The monoisotopic (exact) mass is 98.0 g/mol. The Hall–Kier alpha value is -0.660. The Morgan fingerprint density at radius 3 is 2.57 bits per heavy atom. The van der Waals surface area contributed by atoms with Gasteiger partial charge in [0.1, 0.15) is 12.1 Å². The molecule has 0 bridgehead atoms. The van der Waals surface area contributed by atoms with Crippen LogP contribution in [-0.4, -0.2) is 12.1 Å². The van der Waals surface area contributed by atoms with E-state index in [2.05, 4.69) is 0 Å². The lowest BCUT2D eigenvalue weighted by molar-refractivity contribution is -0.113. The van der Waals surface area contributed by atoms with Gasteiger partial charge in [0, 0.05) is 18.8 Å². The quantitative estimate of drug-likeness (QED) is 0.461. The average Bonchev–Trinajstić information content (AvgIpc) is 2.22. The van der Waals surface area contributed by atoms with Gasteiger partial charge in [-0.25, -0.2) is 0 Å². The van der Waals surface area contributed by atoms with E-state index in [-0.39, 0.29) is 11.7 Å². The van der Waals surface area contributed by atoms with Crippen molar-refractivity contribution in [3.63, 3.8) is 0 Å². The van der Waals surface area contributed by atoms with E-state index >= 15 is 0 Å². The average molecular weight is 98.1 g/mol. The summed E-state index contributed by atoms with van der Waals surface area (Å²) < 4.78 is 0. The van der Waals surface area contributed by atoms with E-state index in [0.29, 0.717) is 12.8 Å². The molecule has 0 N–H and O–H groups in total. The van der Waals surface area contributed by atoms with E-state index in [1.165, 1.54) is 0 Å². The third-order valence-corrected chi connectivity index (χ3v) is 1.12. The Balaban J connectivity index is 2.20. The number of carbonyl (C=O) groups excluding carboxylic acids is 2. The molecule has 0 saturated heterocycles. The van der Waals surface area contributed by atoms with Crippen LogP contribution < -0.4 is 0 Å². The number of hydrogen-bond donors (Lipinski definition) is 0. The number of ketones is 1. The van der Waals surface area contributed by atoms with Crippen LogP contribution in [0.25, 0.3) is 0 Å². The summed E-state index contributed by atoms with van der Waals surface area (Å²) in [6, 6.07) is 0. The summed E-state index contributed by atoms with van der Waals surface area (Å²) in [6.07, 6.45) is 1.88. The van der Waals surface area contributed by atoms with Gasteiger partial charge in [0.15, 0.2) is 0 Å². The lowest BCUT2D eigenvalue weighted by Crippen LogP contribution is -1.78. The fraction of sp³-hybridized carbons (Fsp3) is 0.600. The van der Waals surface area contributed by atoms with Crippen LogP contribution in [0.1, 0.15) is 12.8 Å². The highest BCUT2D eigenvalue weighted by atomic mass is 16.1. The van der Waals surface area contributed by atoms with Crippen LogP contribution in [0.3, 0.4) is 0 Å². The highest BCUT2D eigenvalue weighted by Gasteiger charge is 2.33. The maximum Gasteiger partial charge on any atom is 0.137 e. The molecule has 38 valence electrons. The fourth-order valence-electron chi connectivity index (χ4n) is 0.515. The van der Waals surface area contributed by atoms with E-state index in [9.17, 15) is 9.59 Å². The molecule has 0 heterocycles. The number of rotatable bonds is 2. The molecule has 0 aromatic carbocycles. The number of Topliss-reactive ketones (excluding diaryl/α,β-unsaturated/α-hetero) is 1. The first kappa shape index (κ1) is 4.50. The van der Waals surface area contributed by atoms with Crippen LogP contribution in [0.4, 0.5) is 0 Å². The maximum atomic E-state index is 10.1. The van der Waals surface area contributed by atoms with Gasteiger partial charge in [0.2, 0.25) is 0 Å². The largest absolute Gasteiger partial charge is 0.303 e. The van der Waals surface area contributed by atoms with Gasteiger partial charge in [-0.15, -0.1) is 0 Å². The molecular formula is C5H6O2. The molecule has 1 unspecified atom stereocenters. The van der Waals surface area contributed by atoms with Crippen LogP contribution in [0.5, 0.6) is 0 Å². The third kappa shape index (κ3) is 0.856. The van der Waals surface area contributed by atoms with Crippen LogP contribution in [0.15, 0.2) is 0 Å². The van der Waals surface area contributed by atoms with Crippen LogP contribution in [-0.2, 0) is 9.59 Å². The Labute approximate surface area is 41.5 Å². The predicted octanol–water partition coefficient (Wildman–Crippen LogP) is 0.164. The number of carbonyl (C=O) groups is 2. The maximum absolute atomic E-state index is 10.1. The van der Waals surface area contributed by atoms with Crippen LogP contribution in [0.2, 0.25) is 0 Å². The molecule has 0 aliphatic heterocycles. The number of hydrogen-bond acceptors (Lipinski definition) is 2. The normalized spacial score (nSPS) is 27.4. The Morgan fingerprint density at radius 2 is 2.43 bits per heavy atom. The van der Waals surface area contributed by atoms with Gasteiger partial charge in [-0.1, -0.05) is 0 Å². The SMILES string of the molecule is O=CCC1CC1=O. The van der Waals surface area contributed by atoms with Crippen molar-refractivity contribution in [1.82, 2.24) is 0 Å². The molecule has 0 spiro atoms. The first-order valence-corrected chi connectivity index (χ1v) is 2.31. The van der Waals surface area contributed by atoms with E-state index < -0.39 is 0 Å². The van der Waals surface area contributed by atoms with Crippen LogP contribution in [0, 0.1) is 5.92 Å². The molecule has 7 heavy (non-hydrogen) atoms. The van der Waals surface area contributed by atoms with Gasteiger partial charge >= 0.3 is 0 Å².